The van der Waals surface area contributed by atoms with Crippen molar-refractivity contribution in [1.82, 2.24) is 0 Å². The van der Waals surface area contributed by atoms with Gasteiger partial charge in [-0.15, -0.1) is 0 Å². The first-order valence-electron chi connectivity index (χ1n) is 9.45. The monoisotopic (exact) mass is 367 g/mol. The highest BCUT2D eigenvalue weighted by molar-refractivity contribution is 5.77. The zero-order valence-electron chi connectivity index (χ0n) is 17.1. The van der Waals surface area contributed by atoms with Crippen LogP contribution in [0.15, 0.2) is 24.5 Å². The third-order valence-corrected chi connectivity index (χ3v) is 4.95. The highest BCUT2D eigenvalue weighted by Gasteiger charge is 2.40. The van der Waals surface area contributed by atoms with Crippen molar-refractivity contribution in [1.29, 1.82) is 0 Å². The third-order valence-electron chi connectivity index (χ3n) is 4.95. The van der Waals surface area contributed by atoms with E-state index in [1.165, 1.54) is 0 Å². The molecule has 1 fully saturated rings. The Hall–Kier alpha value is -1.33. The summed E-state index contributed by atoms with van der Waals surface area (Å²) in [5, 5.41) is 10.4. The van der Waals surface area contributed by atoms with E-state index in [1.807, 2.05) is 13.8 Å². The molecule has 0 aromatic rings. The minimum absolute atomic E-state index is 0.0353. The van der Waals surface area contributed by atoms with Gasteiger partial charge in [0, 0.05) is 6.54 Å². The van der Waals surface area contributed by atoms with Crippen LogP contribution in [0.1, 0.15) is 60.3 Å². The van der Waals surface area contributed by atoms with Gasteiger partial charge in [-0.25, -0.2) is 0 Å². The normalized spacial score (nSPS) is 25.9. The summed E-state index contributed by atoms with van der Waals surface area (Å²) in [6, 6.07) is 0. The van der Waals surface area contributed by atoms with Gasteiger partial charge in [-0.1, -0.05) is 33.9 Å². The van der Waals surface area contributed by atoms with Crippen molar-refractivity contribution in [2.75, 3.05) is 13.2 Å². The molecule has 0 saturated heterocycles. The van der Waals surface area contributed by atoms with Crippen molar-refractivity contribution >= 4 is 5.97 Å². The summed E-state index contributed by atoms with van der Waals surface area (Å²) in [5.74, 6) is 0.477. The van der Waals surface area contributed by atoms with E-state index in [2.05, 4.69) is 33.9 Å². The number of aliphatic hydroxyl groups is 1. The Morgan fingerprint density at radius 1 is 1.23 bits per heavy atom. The Bertz CT molecular complexity index is 523. The van der Waals surface area contributed by atoms with Crippen LogP contribution in [-0.4, -0.2) is 36.4 Å². The predicted molar refractivity (Wildman–Crippen MR) is 104 cm³/mol. The maximum Gasteiger partial charge on any atom is 0.313 e. The first-order valence-corrected chi connectivity index (χ1v) is 9.45. The van der Waals surface area contributed by atoms with E-state index < -0.39 is 17.6 Å². The van der Waals surface area contributed by atoms with E-state index in [0.717, 1.165) is 12.0 Å². The van der Waals surface area contributed by atoms with Gasteiger partial charge in [0.15, 0.2) is 0 Å². The van der Waals surface area contributed by atoms with E-state index in [-0.39, 0.29) is 23.8 Å². The topological polar surface area (TPSA) is 81.8 Å². The molecule has 1 aliphatic carbocycles. The summed E-state index contributed by atoms with van der Waals surface area (Å²) in [6.07, 6.45) is 1.47. The second-order valence-electron chi connectivity index (χ2n) is 9.21. The number of carbonyl (C=O) groups is 1. The highest BCUT2D eigenvalue weighted by Crippen LogP contribution is 2.36. The quantitative estimate of drug-likeness (QED) is 0.389. The molecule has 150 valence electrons. The van der Waals surface area contributed by atoms with Gasteiger partial charge in [0.2, 0.25) is 0 Å². The fraction of sp³-hybridized carbons (Fsp3) is 0.762. The number of aliphatic hydroxyl groups excluding tert-OH is 1. The van der Waals surface area contributed by atoms with E-state index in [4.69, 9.17) is 15.2 Å². The standard InChI is InChI=1S/C21H37NO4/c1-14(2)15(3)25-11-16-8-9-18(17(23)10-16)26-19(24)21(7,13-22)12-20(4,5)6/h16-18,23H,1,3,8-13,22H2,2,4-7H3. The van der Waals surface area contributed by atoms with Gasteiger partial charge in [-0.3, -0.25) is 4.79 Å². The molecule has 0 heterocycles. The Labute approximate surface area is 158 Å². The first-order chi connectivity index (χ1) is 11.9. The lowest BCUT2D eigenvalue weighted by Gasteiger charge is -2.37. The van der Waals surface area contributed by atoms with Crippen LogP contribution in [0.3, 0.4) is 0 Å². The lowest BCUT2D eigenvalue weighted by Crippen LogP contribution is -2.45. The molecule has 0 bridgehead atoms. The molecule has 0 amide bonds. The van der Waals surface area contributed by atoms with Crippen molar-refractivity contribution in [3.63, 3.8) is 0 Å². The molecule has 0 aliphatic heterocycles. The summed E-state index contributed by atoms with van der Waals surface area (Å²) in [7, 11) is 0. The maximum absolute atomic E-state index is 12.7. The third kappa shape index (κ3) is 6.76. The van der Waals surface area contributed by atoms with Crippen molar-refractivity contribution in [2.45, 2.75) is 72.5 Å². The average Bonchev–Trinajstić information content (AvgIpc) is 2.52. The summed E-state index contributed by atoms with van der Waals surface area (Å²) < 4.78 is 11.3. The Morgan fingerprint density at radius 3 is 2.31 bits per heavy atom. The van der Waals surface area contributed by atoms with Crippen LogP contribution in [-0.2, 0) is 14.3 Å². The number of carbonyl (C=O) groups excluding carboxylic acids is 1. The molecule has 26 heavy (non-hydrogen) atoms. The molecule has 4 unspecified atom stereocenters. The second kappa shape index (κ2) is 9.05. The smallest absolute Gasteiger partial charge is 0.313 e. The number of nitrogens with two attached hydrogens (primary N) is 1. The molecule has 0 spiro atoms. The van der Waals surface area contributed by atoms with Crippen LogP contribution >= 0.6 is 0 Å². The highest BCUT2D eigenvalue weighted by atomic mass is 16.6. The van der Waals surface area contributed by atoms with Gasteiger partial charge in [0.25, 0.3) is 0 Å². The van der Waals surface area contributed by atoms with E-state index >= 15 is 0 Å². The van der Waals surface area contributed by atoms with Gasteiger partial charge < -0.3 is 20.3 Å². The zero-order chi connectivity index (χ0) is 20.1. The number of esters is 1. The molecule has 1 saturated carbocycles. The van der Waals surface area contributed by atoms with Gasteiger partial charge in [-0.05, 0) is 56.4 Å². The maximum atomic E-state index is 12.7. The summed E-state index contributed by atoms with van der Waals surface area (Å²) in [6.45, 7) is 18.2. The SMILES string of the molecule is C=C(C)C(=C)OCC1CCC(OC(=O)C(C)(CN)CC(C)(C)C)C(O)C1. The Morgan fingerprint density at radius 2 is 1.85 bits per heavy atom. The largest absolute Gasteiger partial charge is 0.494 e. The van der Waals surface area contributed by atoms with Crippen LogP contribution in [0, 0.1) is 16.7 Å². The molecular weight excluding hydrogens is 330 g/mol. The summed E-state index contributed by atoms with van der Waals surface area (Å²) >= 11 is 0. The fourth-order valence-electron chi connectivity index (χ4n) is 3.51. The van der Waals surface area contributed by atoms with Crippen LogP contribution in [0.25, 0.3) is 0 Å². The first kappa shape index (κ1) is 22.7. The lowest BCUT2D eigenvalue weighted by atomic mass is 9.75. The number of ether oxygens (including phenoxy) is 2. The molecule has 5 nitrogen and oxygen atoms in total. The minimum atomic E-state index is -0.739. The zero-order valence-corrected chi connectivity index (χ0v) is 17.1. The molecule has 1 aliphatic rings. The van der Waals surface area contributed by atoms with Crippen LogP contribution in [0.2, 0.25) is 0 Å². The Kier molecular flexibility index (Phi) is 7.90. The van der Waals surface area contributed by atoms with E-state index in [9.17, 15) is 9.90 Å². The van der Waals surface area contributed by atoms with E-state index in [0.29, 0.717) is 31.6 Å². The summed E-state index contributed by atoms with van der Waals surface area (Å²) in [4.78, 5) is 12.7. The molecule has 3 N–H and O–H groups in total. The average molecular weight is 368 g/mol. The van der Waals surface area contributed by atoms with Crippen molar-refractivity contribution in [3.05, 3.63) is 24.5 Å². The lowest BCUT2D eigenvalue weighted by molar-refractivity contribution is -0.171. The van der Waals surface area contributed by atoms with Gasteiger partial charge in [-0.2, -0.15) is 0 Å². The second-order valence-corrected chi connectivity index (χ2v) is 9.21. The minimum Gasteiger partial charge on any atom is -0.494 e. The molecular formula is C21H37NO4. The van der Waals surface area contributed by atoms with Gasteiger partial charge >= 0.3 is 5.97 Å². The molecule has 4 atom stereocenters. The van der Waals surface area contributed by atoms with Gasteiger partial charge in [0.1, 0.15) is 11.9 Å². The van der Waals surface area contributed by atoms with E-state index in [1.54, 1.807) is 0 Å². The number of hydrogen-bond donors (Lipinski definition) is 2. The van der Waals surface area contributed by atoms with Crippen molar-refractivity contribution in [2.24, 2.45) is 22.5 Å². The number of rotatable bonds is 8. The molecule has 1 rings (SSSR count). The Balaban J connectivity index is 2.58. The number of hydrogen-bond acceptors (Lipinski definition) is 5. The van der Waals surface area contributed by atoms with Crippen LogP contribution < -0.4 is 5.73 Å². The van der Waals surface area contributed by atoms with Crippen molar-refractivity contribution < 1.29 is 19.4 Å². The van der Waals surface area contributed by atoms with Crippen LogP contribution in [0.5, 0.6) is 0 Å². The van der Waals surface area contributed by atoms with Crippen molar-refractivity contribution in [3.8, 4) is 0 Å². The number of allylic oxidation sites excluding steroid dienone is 1. The van der Waals surface area contributed by atoms with Crippen LogP contribution in [0.4, 0.5) is 0 Å². The molecule has 5 heteroatoms. The summed E-state index contributed by atoms with van der Waals surface area (Å²) in [5.41, 5.74) is 5.90. The molecule has 0 aromatic heterocycles. The molecule has 0 radical (unpaired) electrons. The predicted octanol–water partition coefficient (Wildman–Crippen LogP) is 3.57. The van der Waals surface area contributed by atoms with Gasteiger partial charge in [0.05, 0.1) is 18.1 Å². The molecule has 0 aromatic carbocycles. The fourth-order valence-corrected chi connectivity index (χ4v) is 3.51.